The summed E-state index contributed by atoms with van der Waals surface area (Å²) in [6.07, 6.45) is 9.98. The number of aryl methyl sites for hydroxylation is 1. The predicted octanol–water partition coefficient (Wildman–Crippen LogP) is 5.34. The fraction of sp³-hybridized carbons (Fsp3) is 0.500. The molecule has 1 amide bonds. The number of rotatable bonds is 4. The van der Waals surface area contributed by atoms with Crippen LogP contribution in [-0.2, 0) is 11.2 Å². The van der Waals surface area contributed by atoms with Gasteiger partial charge in [0.05, 0.1) is 0 Å². The summed E-state index contributed by atoms with van der Waals surface area (Å²) in [4.78, 5) is 20.3. The lowest BCUT2D eigenvalue weighted by Gasteiger charge is -2.36. The van der Waals surface area contributed by atoms with Gasteiger partial charge in [0, 0.05) is 49.2 Å². The molecule has 2 heterocycles. The Balaban J connectivity index is 1.51. The number of amides is 1. The van der Waals surface area contributed by atoms with E-state index in [2.05, 4.69) is 73.2 Å². The Labute approximate surface area is 193 Å². The zero-order valence-corrected chi connectivity index (χ0v) is 20.0. The molecule has 32 heavy (non-hydrogen) atoms. The van der Waals surface area contributed by atoms with Gasteiger partial charge in [-0.2, -0.15) is 0 Å². The standard InChI is InChI=1S/C28H37N3O/c1-20-7-8-21-9-10-22(23-6-5-13-29-18-23)17-25(21)26(16-20)27(32)30-24-11-14-31(15-12-24)19-28(2,3)4/h5-6,9-10,13,16-18,20,24H,7-8,11-12,14-15,19H2,1-4H3,(H,30,32). The molecule has 0 spiro atoms. The first-order chi connectivity index (χ1) is 15.3. The van der Waals surface area contributed by atoms with Gasteiger partial charge in [0.15, 0.2) is 0 Å². The molecule has 1 aromatic carbocycles. The number of carbonyl (C=O) groups is 1. The van der Waals surface area contributed by atoms with Gasteiger partial charge in [-0.05, 0) is 65.8 Å². The quantitative estimate of drug-likeness (QED) is 0.711. The molecule has 1 aliphatic heterocycles. The van der Waals surface area contributed by atoms with Gasteiger partial charge in [-0.1, -0.05) is 52.0 Å². The van der Waals surface area contributed by atoms with E-state index in [1.54, 1.807) is 6.20 Å². The summed E-state index contributed by atoms with van der Waals surface area (Å²) in [6.45, 7) is 12.3. The maximum Gasteiger partial charge on any atom is 0.251 e. The Morgan fingerprint density at radius 3 is 2.59 bits per heavy atom. The van der Waals surface area contributed by atoms with Crippen LogP contribution < -0.4 is 5.32 Å². The van der Waals surface area contributed by atoms with Crippen LogP contribution in [0.2, 0.25) is 0 Å². The molecular formula is C28H37N3O. The molecule has 2 aliphatic rings. The summed E-state index contributed by atoms with van der Waals surface area (Å²) in [5.74, 6) is 0.469. The van der Waals surface area contributed by atoms with E-state index in [1.807, 2.05) is 12.3 Å². The van der Waals surface area contributed by atoms with Crippen molar-refractivity contribution in [1.82, 2.24) is 15.2 Å². The van der Waals surface area contributed by atoms with Crippen LogP contribution in [0, 0.1) is 11.3 Å². The lowest BCUT2D eigenvalue weighted by Crippen LogP contribution is -2.46. The Kier molecular flexibility index (Phi) is 6.80. The van der Waals surface area contributed by atoms with Crippen molar-refractivity contribution in [1.29, 1.82) is 0 Å². The molecule has 1 saturated heterocycles. The third-order valence-electron chi connectivity index (χ3n) is 6.58. The first-order valence-electron chi connectivity index (χ1n) is 12.1. The number of fused-ring (bicyclic) bond motifs is 1. The van der Waals surface area contributed by atoms with Gasteiger partial charge in [-0.15, -0.1) is 0 Å². The van der Waals surface area contributed by atoms with Crippen LogP contribution in [0.1, 0.15) is 58.1 Å². The molecule has 1 atom stereocenters. The Morgan fingerprint density at radius 1 is 1.12 bits per heavy atom. The van der Waals surface area contributed by atoms with E-state index in [0.29, 0.717) is 11.3 Å². The van der Waals surface area contributed by atoms with Crippen LogP contribution in [0.15, 0.2) is 48.8 Å². The SMILES string of the molecule is CC1C=C(C(=O)NC2CCN(CC(C)(C)C)CC2)c2cc(-c3cccnc3)ccc2CC1. The molecule has 1 N–H and O–H groups in total. The number of pyridine rings is 1. The highest BCUT2D eigenvalue weighted by Gasteiger charge is 2.26. The average Bonchev–Trinajstić information content (AvgIpc) is 2.93. The van der Waals surface area contributed by atoms with Crippen LogP contribution in [0.3, 0.4) is 0 Å². The third-order valence-corrected chi connectivity index (χ3v) is 6.58. The van der Waals surface area contributed by atoms with Crippen molar-refractivity contribution in [2.24, 2.45) is 11.3 Å². The van der Waals surface area contributed by atoms with Gasteiger partial charge in [-0.3, -0.25) is 9.78 Å². The number of allylic oxidation sites excluding steroid dienone is 1. The topological polar surface area (TPSA) is 45.2 Å². The predicted molar refractivity (Wildman–Crippen MR) is 132 cm³/mol. The molecule has 2 aromatic rings. The van der Waals surface area contributed by atoms with Crippen molar-refractivity contribution in [3.8, 4) is 11.1 Å². The van der Waals surface area contributed by atoms with Gasteiger partial charge < -0.3 is 10.2 Å². The number of carbonyl (C=O) groups excluding carboxylic acids is 1. The van der Waals surface area contributed by atoms with Crippen molar-refractivity contribution >= 4 is 11.5 Å². The molecule has 1 aromatic heterocycles. The van der Waals surface area contributed by atoms with Crippen molar-refractivity contribution in [3.63, 3.8) is 0 Å². The molecule has 0 radical (unpaired) electrons. The molecule has 0 saturated carbocycles. The number of likely N-dealkylation sites (tertiary alicyclic amines) is 1. The van der Waals surface area contributed by atoms with E-state index in [1.165, 1.54) is 5.56 Å². The highest BCUT2D eigenvalue weighted by Crippen LogP contribution is 2.32. The van der Waals surface area contributed by atoms with Crippen LogP contribution in [0.4, 0.5) is 0 Å². The van der Waals surface area contributed by atoms with Crippen molar-refractivity contribution in [2.45, 2.75) is 59.4 Å². The largest absolute Gasteiger partial charge is 0.349 e. The number of aromatic nitrogens is 1. The van der Waals surface area contributed by atoms with Gasteiger partial charge in [0.25, 0.3) is 5.91 Å². The summed E-state index contributed by atoms with van der Waals surface area (Å²) < 4.78 is 0. The summed E-state index contributed by atoms with van der Waals surface area (Å²) >= 11 is 0. The summed E-state index contributed by atoms with van der Waals surface area (Å²) in [7, 11) is 0. The minimum Gasteiger partial charge on any atom is -0.349 e. The highest BCUT2D eigenvalue weighted by atomic mass is 16.1. The number of hydrogen-bond acceptors (Lipinski definition) is 3. The van der Waals surface area contributed by atoms with Crippen molar-refractivity contribution in [3.05, 3.63) is 59.9 Å². The Bertz CT molecular complexity index is 966. The molecule has 1 aliphatic carbocycles. The number of hydrogen-bond donors (Lipinski definition) is 1. The monoisotopic (exact) mass is 431 g/mol. The fourth-order valence-corrected chi connectivity index (χ4v) is 4.97. The van der Waals surface area contributed by atoms with Gasteiger partial charge in [0.2, 0.25) is 0 Å². The first-order valence-corrected chi connectivity index (χ1v) is 12.1. The van der Waals surface area contributed by atoms with Crippen LogP contribution >= 0.6 is 0 Å². The highest BCUT2D eigenvalue weighted by molar-refractivity contribution is 6.20. The summed E-state index contributed by atoms with van der Waals surface area (Å²) in [5.41, 5.74) is 5.70. The Hall–Kier alpha value is -2.46. The van der Waals surface area contributed by atoms with Crippen LogP contribution in [-0.4, -0.2) is 41.5 Å². The molecule has 4 nitrogen and oxygen atoms in total. The average molecular weight is 432 g/mol. The Morgan fingerprint density at radius 2 is 1.91 bits per heavy atom. The third kappa shape index (κ3) is 5.66. The second-order valence-electron chi connectivity index (χ2n) is 10.8. The van der Waals surface area contributed by atoms with E-state index < -0.39 is 0 Å². The first kappa shape index (κ1) is 22.7. The van der Waals surface area contributed by atoms with Crippen LogP contribution in [0.5, 0.6) is 0 Å². The number of nitrogens with one attached hydrogen (secondary N) is 1. The molecule has 4 rings (SSSR count). The molecule has 0 bridgehead atoms. The normalized spacial score (nSPS) is 20.2. The number of piperidine rings is 1. The fourth-order valence-electron chi connectivity index (χ4n) is 4.97. The van der Waals surface area contributed by atoms with E-state index in [4.69, 9.17) is 0 Å². The molecule has 1 unspecified atom stereocenters. The zero-order valence-electron chi connectivity index (χ0n) is 20.0. The minimum atomic E-state index is 0.0811. The zero-order chi connectivity index (χ0) is 22.7. The summed E-state index contributed by atoms with van der Waals surface area (Å²) in [5, 5.41) is 3.37. The smallest absolute Gasteiger partial charge is 0.251 e. The van der Waals surface area contributed by atoms with Gasteiger partial charge >= 0.3 is 0 Å². The maximum atomic E-state index is 13.5. The number of benzene rings is 1. The van der Waals surface area contributed by atoms with Gasteiger partial charge in [0.1, 0.15) is 0 Å². The molecular weight excluding hydrogens is 394 g/mol. The van der Waals surface area contributed by atoms with Crippen LogP contribution in [0.25, 0.3) is 16.7 Å². The molecule has 1 fully saturated rings. The van der Waals surface area contributed by atoms with Crippen molar-refractivity contribution in [2.75, 3.05) is 19.6 Å². The second-order valence-corrected chi connectivity index (χ2v) is 10.8. The van der Waals surface area contributed by atoms with Crippen molar-refractivity contribution < 1.29 is 4.79 Å². The molecule has 170 valence electrons. The minimum absolute atomic E-state index is 0.0811. The lowest BCUT2D eigenvalue weighted by molar-refractivity contribution is -0.116. The summed E-state index contributed by atoms with van der Waals surface area (Å²) in [6, 6.07) is 10.8. The van der Waals surface area contributed by atoms with E-state index in [0.717, 1.165) is 67.6 Å². The van der Waals surface area contributed by atoms with Gasteiger partial charge in [-0.25, -0.2) is 0 Å². The lowest BCUT2D eigenvalue weighted by atomic mass is 9.93. The van der Waals surface area contributed by atoms with E-state index >= 15 is 0 Å². The number of nitrogens with zero attached hydrogens (tertiary/aromatic N) is 2. The van der Waals surface area contributed by atoms with E-state index in [-0.39, 0.29) is 11.9 Å². The maximum absolute atomic E-state index is 13.5. The second kappa shape index (κ2) is 9.58. The van der Waals surface area contributed by atoms with E-state index in [9.17, 15) is 4.79 Å². The molecule has 4 heteroatoms.